The summed E-state index contributed by atoms with van der Waals surface area (Å²) in [5.41, 5.74) is 0.691. The van der Waals surface area contributed by atoms with E-state index in [0.29, 0.717) is 5.69 Å². The Morgan fingerprint density at radius 2 is 1.92 bits per heavy atom. The highest BCUT2D eigenvalue weighted by molar-refractivity contribution is 7.99. The van der Waals surface area contributed by atoms with Gasteiger partial charge in [-0.3, -0.25) is 4.79 Å². The quantitative estimate of drug-likeness (QED) is 0.767. The van der Waals surface area contributed by atoms with Crippen LogP contribution in [0.1, 0.15) is 0 Å². The molecule has 3 rings (SSSR count). The van der Waals surface area contributed by atoms with Gasteiger partial charge in [-0.2, -0.15) is 0 Å². The number of carbonyl (C=O) groups is 1. The first-order chi connectivity index (χ1) is 11.6. The molecular formula is C17H16N2O3S2. The van der Waals surface area contributed by atoms with Crippen molar-refractivity contribution in [1.29, 1.82) is 0 Å². The Morgan fingerprint density at radius 1 is 1.17 bits per heavy atom. The fourth-order valence-electron chi connectivity index (χ4n) is 2.47. The Labute approximate surface area is 145 Å². The SMILES string of the molecule is O=C(CSc1ccccn1)N(c1ccccc1)C1C=CS(=O)(=O)C1. The maximum Gasteiger partial charge on any atom is 0.237 e. The van der Waals surface area contributed by atoms with Crippen LogP contribution in [0.15, 0.2) is 71.2 Å². The number of rotatable bonds is 5. The standard InChI is InChI=1S/C17H16N2O3S2/c20-17(12-23-16-8-4-5-10-18-16)19(14-6-2-1-3-7-14)15-9-11-24(21,22)13-15/h1-11,15H,12-13H2. The smallest absolute Gasteiger partial charge is 0.237 e. The van der Waals surface area contributed by atoms with Gasteiger partial charge >= 0.3 is 0 Å². The fourth-order valence-corrected chi connectivity index (χ4v) is 4.46. The number of thioether (sulfide) groups is 1. The van der Waals surface area contributed by atoms with E-state index in [1.165, 1.54) is 17.2 Å². The van der Waals surface area contributed by atoms with Crippen molar-refractivity contribution in [3.05, 3.63) is 66.2 Å². The van der Waals surface area contributed by atoms with Crippen LogP contribution in [0.5, 0.6) is 0 Å². The lowest BCUT2D eigenvalue weighted by Gasteiger charge is -2.27. The number of para-hydroxylation sites is 1. The molecule has 1 aromatic carbocycles. The summed E-state index contributed by atoms with van der Waals surface area (Å²) in [7, 11) is -3.24. The van der Waals surface area contributed by atoms with Crippen LogP contribution in [0.3, 0.4) is 0 Å². The summed E-state index contributed by atoms with van der Waals surface area (Å²) in [6.07, 6.45) is 3.25. The average molecular weight is 360 g/mol. The van der Waals surface area contributed by atoms with Gasteiger partial charge in [-0.1, -0.05) is 36.0 Å². The van der Waals surface area contributed by atoms with E-state index >= 15 is 0 Å². The molecule has 0 N–H and O–H groups in total. The maximum atomic E-state index is 12.8. The zero-order chi connectivity index (χ0) is 17.0. The van der Waals surface area contributed by atoms with E-state index in [1.54, 1.807) is 17.2 Å². The third-order valence-electron chi connectivity index (χ3n) is 3.53. The first-order valence-electron chi connectivity index (χ1n) is 7.37. The Balaban J connectivity index is 1.80. The second-order valence-electron chi connectivity index (χ2n) is 5.28. The van der Waals surface area contributed by atoms with Crippen LogP contribution >= 0.6 is 11.8 Å². The number of benzene rings is 1. The van der Waals surface area contributed by atoms with Crippen molar-refractivity contribution in [3.63, 3.8) is 0 Å². The molecule has 7 heteroatoms. The van der Waals surface area contributed by atoms with E-state index in [1.807, 2.05) is 48.5 Å². The summed E-state index contributed by atoms with van der Waals surface area (Å²) >= 11 is 1.33. The molecule has 1 aliphatic rings. The first-order valence-corrected chi connectivity index (χ1v) is 10.1. The molecule has 0 spiro atoms. The van der Waals surface area contributed by atoms with Gasteiger partial charge in [0.05, 0.1) is 22.6 Å². The predicted octanol–water partition coefficient (Wildman–Crippen LogP) is 2.52. The summed E-state index contributed by atoms with van der Waals surface area (Å²) in [5, 5.41) is 1.95. The lowest BCUT2D eigenvalue weighted by molar-refractivity contribution is -0.116. The number of aromatic nitrogens is 1. The van der Waals surface area contributed by atoms with Crippen LogP contribution < -0.4 is 4.90 Å². The van der Waals surface area contributed by atoms with E-state index < -0.39 is 15.9 Å². The molecule has 1 unspecified atom stereocenters. The summed E-state index contributed by atoms with van der Waals surface area (Å²) < 4.78 is 23.5. The van der Waals surface area contributed by atoms with Crippen LogP contribution in [-0.2, 0) is 14.6 Å². The largest absolute Gasteiger partial charge is 0.304 e. The fraction of sp³-hybridized carbons (Fsp3) is 0.176. The van der Waals surface area contributed by atoms with Gasteiger partial charge in [-0.15, -0.1) is 0 Å². The lowest BCUT2D eigenvalue weighted by Crippen LogP contribution is -2.42. The molecule has 124 valence electrons. The molecule has 0 aliphatic carbocycles. The van der Waals surface area contributed by atoms with Crippen molar-refractivity contribution in [2.45, 2.75) is 11.1 Å². The molecule has 0 bridgehead atoms. The van der Waals surface area contributed by atoms with Crippen molar-refractivity contribution >= 4 is 33.2 Å². The number of sulfone groups is 1. The van der Waals surface area contributed by atoms with Gasteiger partial charge in [0, 0.05) is 17.3 Å². The number of hydrogen-bond acceptors (Lipinski definition) is 5. The topological polar surface area (TPSA) is 67.3 Å². The Kier molecular flexibility index (Phi) is 5.01. The third-order valence-corrected chi connectivity index (χ3v) is 5.83. The molecule has 0 radical (unpaired) electrons. The highest BCUT2D eigenvalue weighted by Gasteiger charge is 2.31. The molecule has 2 heterocycles. The highest BCUT2D eigenvalue weighted by Crippen LogP contribution is 2.24. The van der Waals surface area contributed by atoms with E-state index in [-0.39, 0.29) is 17.4 Å². The summed E-state index contributed by atoms with van der Waals surface area (Å²) in [4.78, 5) is 18.5. The van der Waals surface area contributed by atoms with Crippen molar-refractivity contribution < 1.29 is 13.2 Å². The first kappa shape index (κ1) is 16.7. The second-order valence-corrected chi connectivity index (χ2v) is 8.21. The van der Waals surface area contributed by atoms with Crippen LogP contribution in [-0.4, -0.2) is 36.9 Å². The predicted molar refractivity (Wildman–Crippen MR) is 95.6 cm³/mol. The van der Waals surface area contributed by atoms with E-state index in [2.05, 4.69) is 4.98 Å². The van der Waals surface area contributed by atoms with Gasteiger partial charge in [0.15, 0.2) is 9.84 Å². The van der Waals surface area contributed by atoms with E-state index in [9.17, 15) is 13.2 Å². The Morgan fingerprint density at radius 3 is 2.54 bits per heavy atom. The number of amides is 1. The molecule has 0 saturated heterocycles. The molecule has 1 aliphatic heterocycles. The van der Waals surface area contributed by atoms with Crippen LogP contribution in [0, 0.1) is 0 Å². The minimum Gasteiger partial charge on any atom is -0.304 e. The number of nitrogens with zero attached hydrogens (tertiary/aromatic N) is 2. The third kappa shape index (κ3) is 4.04. The zero-order valence-electron chi connectivity index (χ0n) is 12.8. The molecule has 2 aromatic rings. The van der Waals surface area contributed by atoms with Crippen LogP contribution in [0.4, 0.5) is 5.69 Å². The Hall–Kier alpha value is -2.12. The number of carbonyl (C=O) groups excluding carboxylic acids is 1. The number of pyridine rings is 1. The number of hydrogen-bond donors (Lipinski definition) is 0. The minimum atomic E-state index is -3.24. The monoisotopic (exact) mass is 360 g/mol. The van der Waals surface area contributed by atoms with Crippen molar-refractivity contribution in [1.82, 2.24) is 4.98 Å². The van der Waals surface area contributed by atoms with Gasteiger partial charge < -0.3 is 4.90 Å². The van der Waals surface area contributed by atoms with Gasteiger partial charge in [0.2, 0.25) is 5.91 Å². The second kappa shape index (κ2) is 7.19. The van der Waals surface area contributed by atoms with Crippen molar-refractivity contribution in [2.24, 2.45) is 0 Å². The molecule has 1 aromatic heterocycles. The van der Waals surface area contributed by atoms with Gasteiger partial charge in [0.25, 0.3) is 0 Å². The summed E-state index contributed by atoms with van der Waals surface area (Å²) in [6, 6.07) is 14.2. The number of anilines is 1. The maximum absolute atomic E-state index is 12.8. The van der Waals surface area contributed by atoms with Crippen LogP contribution in [0.2, 0.25) is 0 Å². The zero-order valence-corrected chi connectivity index (χ0v) is 14.4. The molecular weight excluding hydrogens is 344 g/mol. The molecule has 1 amide bonds. The highest BCUT2D eigenvalue weighted by atomic mass is 32.2. The van der Waals surface area contributed by atoms with Gasteiger partial charge in [-0.25, -0.2) is 13.4 Å². The minimum absolute atomic E-state index is 0.0815. The molecule has 0 fully saturated rings. The normalized spacial score (nSPS) is 18.4. The van der Waals surface area contributed by atoms with Crippen molar-refractivity contribution in [3.8, 4) is 0 Å². The van der Waals surface area contributed by atoms with E-state index in [0.717, 1.165) is 5.03 Å². The molecule has 0 saturated carbocycles. The van der Waals surface area contributed by atoms with Gasteiger partial charge in [0.1, 0.15) is 0 Å². The summed E-state index contributed by atoms with van der Waals surface area (Å²) in [6.45, 7) is 0. The van der Waals surface area contributed by atoms with Crippen LogP contribution in [0.25, 0.3) is 0 Å². The Bertz CT molecular complexity index is 837. The average Bonchev–Trinajstić information content (AvgIpc) is 2.95. The van der Waals surface area contributed by atoms with Crippen molar-refractivity contribution in [2.75, 3.05) is 16.4 Å². The molecule has 5 nitrogen and oxygen atoms in total. The lowest BCUT2D eigenvalue weighted by atomic mass is 10.2. The molecule has 24 heavy (non-hydrogen) atoms. The molecule has 1 atom stereocenters. The van der Waals surface area contributed by atoms with E-state index in [4.69, 9.17) is 0 Å². The summed E-state index contributed by atoms with van der Waals surface area (Å²) in [5.74, 6) is -0.0401. The van der Waals surface area contributed by atoms with Gasteiger partial charge in [-0.05, 0) is 30.3 Å².